The third-order valence-electron chi connectivity index (χ3n) is 3.48. The van der Waals surface area contributed by atoms with Crippen LogP contribution < -0.4 is 0 Å². The minimum Gasteiger partial charge on any atom is -0.508 e. The van der Waals surface area contributed by atoms with Crippen molar-refractivity contribution in [1.82, 2.24) is 0 Å². The summed E-state index contributed by atoms with van der Waals surface area (Å²) < 4.78 is 0. The van der Waals surface area contributed by atoms with Gasteiger partial charge < -0.3 is 5.11 Å². The Bertz CT molecular complexity index is 289. The van der Waals surface area contributed by atoms with Crippen LogP contribution in [0.1, 0.15) is 45.6 Å². The molecular formula is C15H24O. The van der Waals surface area contributed by atoms with E-state index in [1.165, 1.54) is 24.8 Å². The summed E-state index contributed by atoms with van der Waals surface area (Å²) in [4.78, 5) is 0. The summed E-state index contributed by atoms with van der Waals surface area (Å²) in [7, 11) is 0. The first-order valence-electron chi connectivity index (χ1n) is 6.41. The van der Waals surface area contributed by atoms with Gasteiger partial charge in [0.2, 0.25) is 0 Å². The van der Waals surface area contributed by atoms with Gasteiger partial charge in [-0.05, 0) is 36.0 Å². The van der Waals surface area contributed by atoms with Gasteiger partial charge in [0.1, 0.15) is 5.75 Å². The van der Waals surface area contributed by atoms with Gasteiger partial charge in [-0.1, -0.05) is 52.2 Å². The first-order valence-corrected chi connectivity index (χ1v) is 6.41. The summed E-state index contributed by atoms with van der Waals surface area (Å²) >= 11 is 0. The Morgan fingerprint density at radius 2 is 1.69 bits per heavy atom. The maximum atomic E-state index is 9.22. The van der Waals surface area contributed by atoms with E-state index in [1.54, 1.807) is 12.1 Å². The van der Waals surface area contributed by atoms with E-state index >= 15 is 0 Å². The Kier molecular flexibility index (Phi) is 5.37. The molecule has 0 saturated heterocycles. The van der Waals surface area contributed by atoms with E-state index in [4.69, 9.17) is 0 Å². The average Bonchev–Trinajstić information content (AvgIpc) is 2.29. The van der Waals surface area contributed by atoms with Gasteiger partial charge in [0.25, 0.3) is 0 Å². The second-order valence-electron chi connectivity index (χ2n) is 4.97. The van der Waals surface area contributed by atoms with Crippen molar-refractivity contribution in [3.05, 3.63) is 29.8 Å². The molecule has 0 amide bonds. The Balaban J connectivity index is 2.43. The molecule has 1 aromatic carbocycles. The zero-order valence-electron chi connectivity index (χ0n) is 10.7. The van der Waals surface area contributed by atoms with Crippen molar-refractivity contribution in [3.63, 3.8) is 0 Å². The largest absolute Gasteiger partial charge is 0.508 e. The standard InChI is InChI=1S/C15H24O/c1-4-5-6-12(2)13(3)11-14-7-9-15(16)10-8-14/h7-10,12-13,16H,4-6,11H2,1-3H3. The molecule has 0 radical (unpaired) electrons. The minimum atomic E-state index is 0.357. The fourth-order valence-electron chi connectivity index (χ4n) is 2.02. The third-order valence-corrected chi connectivity index (χ3v) is 3.48. The quantitative estimate of drug-likeness (QED) is 0.753. The molecule has 1 rings (SSSR count). The number of rotatable bonds is 6. The van der Waals surface area contributed by atoms with Crippen molar-refractivity contribution in [2.24, 2.45) is 11.8 Å². The lowest BCUT2D eigenvalue weighted by molar-refractivity contribution is 0.353. The number of phenols is 1. The zero-order chi connectivity index (χ0) is 12.0. The molecule has 1 N–H and O–H groups in total. The van der Waals surface area contributed by atoms with Crippen LogP contribution in [0.4, 0.5) is 0 Å². The fraction of sp³-hybridized carbons (Fsp3) is 0.600. The molecule has 0 saturated carbocycles. The van der Waals surface area contributed by atoms with Gasteiger partial charge in [-0.25, -0.2) is 0 Å². The second kappa shape index (κ2) is 6.57. The highest BCUT2D eigenvalue weighted by Crippen LogP contribution is 2.22. The maximum absolute atomic E-state index is 9.22. The predicted octanol–water partition coefficient (Wildman–Crippen LogP) is 4.40. The molecule has 0 heterocycles. The number of aromatic hydroxyl groups is 1. The number of hydrogen-bond acceptors (Lipinski definition) is 1. The molecule has 0 aliphatic carbocycles. The van der Waals surface area contributed by atoms with Crippen LogP contribution in [-0.2, 0) is 6.42 Å². The summed E-state index contributed by atoms with van der Waals surface area (Å²) in [5.74, 6) is 1.86. The van der Waals surface area contributed by atoms with Crippen molar-refractivity contribution in [2.75, 3.05) is 0 Å². The first kappa shape index (κ1) is 13.1. The van der Waals surface area contributed by atoms with E-state index in [0.29, 0.717) is 5.75 Å². The monoisotopic (exact) mass is 220 g/mol. The van der Waals surface area contributed by atoms with E-state index in [1.807, 2.05) is 12.1 Å². The molecule has 0 fully saturated rings. The van der Waals surface area contributed by atoms with E-state index in [0.717, 1.165) is 18.3 Å². The number of hydrogen-bond donors (Lipinski definition) is 1. The van der Waals surface area contributed by atoms with Crippen LogP contribution in [0.5, 0.6) is 5.75 Å². The lowest BCUT2D eigenvalue weighted by Gasteiger charge is -2.19. The van der Waals surface area contributed by atoms with Crippen LogP contribution in [0.25, 0.3) is 0 Å². The highest BCUT2D eigenvalue weighted by Gasteiger charge is 2.12. The SMILES string of the molecule is CCCCC(C)C(C)Cc1ccc(O)cc1. The molecule has 0 aliphatic heterocycles. The molecule has 1 aromatic rings. The lowest BCUT2D eigenvalue weighted by Crippen LogP contribution is -2.10. The molecule has 0 aromatic heterocycles. The van der Waals surface area contributed by atoms with Crippen LogP contribution in [0.15, 0.2) is 24.3 Å². The zero-order valence-corrected chi connectivity index (χ0v) is 10.7. The molecule has 0 bridgehead atoms. The average molecular weight is 220 g/mol. The predicted molar refractivity (Wildman–Crippen MR) is 69.7 cm³/mol. The van der Waals surface area contributed by atoms with Crippen molar-refractivity contribution in [2.45, 2.75) is 46.5 Å². The molecule has 16 heavy (non-hydrogen) atoms. The van der Waals surface area contributed by atoms with Crippen molar-refractivity contribution in [1.29, 1.82) is 0 Å². The maximum Gasteiger partial charge on any atom is 0.115 e. The molecule has 90 valence electrons. The van der Waals surface area contributed by atoms with E-state index in [2.05, 4.69) is 20.8 Å². The molecular weight excluding hydrogens is 196 g/mol. The fourth-order valence-corrected chi connectivity index (χ4v) is 2.02. The van der Waals surface area contributed by atoms with Crippen LogP contribution in [0.2, 0.25) is 0 Å². The van der Waals surface area contributed by atoms with Gasteiger partial charge in [0, 0.05) is 0 Å². The van der Waals surface area contributed by atoms with E-state index < -0.39 is 0 Å². The molecule has 1 heteroatoms. The van der Waals surface area contributed by atoms with E-state index in [9.17, 15) is 5.11 Å². The summed E-state index contributed by atoms with van der Waals surface area (Å²) in [6.45, 7) is 6.92. The highest BCUT2D eigenvalue weighted by atomic mass is 16.3. The van der Waals surface area contributed by atoms with Crippen LogP contribution in [-0.4, -0.2) is 5.11 Å². The lowest BCUT2D eigenvalue weighted by atomic mass is 9.86. The molecule has 2 atom stereocenters. The molecule has 0 spiro atoms. The van der Waals surface area contributed by atoms with Gasteiger partial charge in [0.15, 0.2) is 0 Å². The van der Waals surface area contributed by atoms with Crippen LogP contribution in [0.3, 0.4) is 0 Å². The van der Waals surface area contributed by atoms with Crippen molar-refractivity contribution >= 4 is 0 Å². The Hall–Kier alpha value is -0.980. The van der Waals surface area contributed by atoms with Crippen LogP contribution in [0, 0.1) is 11.8 Å². The smallest absolute Gasteiger partial charge is 0.115 e. The third kappa shape index (κ3) is 4.26. The van der Waals surface area contributed by atoms with Gasteiger partial charge in [-0.2, -0.15) is 0 Å². The van der Waals surface area contributed by atoms with Crippen molar-refractivity contribution in [3.8, 4) is 5.75 Å². The molecule has 0 aliphatic rings. The number of phenolic OH excluding ortho intramolecular Hbond substituents is 1. The summed E-state index contributed by atoms with van der Waals surface area (Å²) in [5, 5.41) is 9.22. The second-order valence-corrected chi connectivity index (χ2v) is 4.97. The molecule has 1 nitrogen and oxygen atoms in total. The van der Waals surface area contributed by atoms with Gasteiger partial charge in [-0.3, -0.25) is 0 Å². The number of unbranched alkanes of at least 4 members (excludes halogenated alkanes) is 1. The summed E-state index contributed by atoms with van der Waals surface area (Å²) in [5.41, 5.74) is 1.33. The van der Waals surface area contributed by atoms with Gasteiger partial charge in [-0.15, -0.1) is 0 Å². The summed E-state index contributed by atoms with van der Waals surface area (Å²) in [6.07, 6.45) is 5.07. The highest BCUT2D eigenvalue weighted by molar-refractivity contribution is 5.26. The van der Waals surface area contributed by atoms with Gasteiger partial charge >= 0.3 is 0 Å². The Morgan fingerprint density at radius 1 is 1.06 bits per heavy atom. The minimum absolute atomic E-state index is 0.357. The Labute approximate surface area is 99.5 Å². The normalized spacial score (nSPS) is 14.7. The van der Waals surface area contributed by atoms with E-state index in [-0.39, 0.29) is 0 Å². The Morgan fingerprint density at radius 3 is 2.25 bits per heavy atom. The van der Waals surface area contributed by atoms with Crippen LogP contribution >= 0.6 is 0 Å². The topological polar surface area (TPSA) is 20.2 Å². The van der Waals surface area contributed by atoms with Gasteiger partial charge in [0.05, 0.1) is 0 Å². The van der Waals surface area contributed by atoms with Crippen molar-refractivity contribution < 1.29 is 5.11 Å². The summed E-state index contributed by atoms with van der Waals surface area (Å²) in [6, 6.07) is 7.61. The first-order chi connectivity index (χ1) is 7.63. The molecule has 2 unspecified atom stereocenters. The number of benzene rings is 1.